The van der Waals surface area contributed by atoms with Crippen molar-refractivity contribution in [1.29, 1.82) is 0 Å². The molecule has 0 aliphatic heterocycles. The molecule has 0 saturated heterocycles. The lowest BCUT2D eigenvalue weighted by molar-refractivity contribution is 0.227. The van der Waals surface area contributed by atoms with E-state index in [0.29, 0.717) is 6.04 Å². The van der Waals surface area contributed by atoms with Gasteiger partial charge in [-0.1, -0.05) is 31.2 Å². The molecule has 0 amide bonds. The third-order valence-corrected chi connectivity index (χ3v) is 4.81. The van der Waals surface area contributed by atoms with Gasteiger partial charge in [-0.3, -0.25) is 4.90 Å². The van der Waals surface area contributed by atoms with Gasteiger partial charge >= 0.3 is 0 Å². The summed E-state index contributed by atoms with van der Waals surface area (Å²) in [6, 6.07) is 10.5. The van der Waals surface area contributed by atoms with Gasteiger partial charge in [-0.25, -0.2) is 0 Å². The van der Waals surface area contributed by atoms with Crippen LogP contribution in [0.15, 0.2) is 24.3 Å². The summed E-state index contributed by atoms with van der Waals surface area (Å²) in [5.74, 6) is 0.996. The predicted molar refractivity (Wildman–Crippen MR) is 84.9 cm³/mol. The van der Waals surface area contributed by atoms with Crippen LogP contribution in [0.25, 0.3) is 0 Å². The summed E-state index contributed by atoms with van der Waals surface area (Å²) in [4.78, 5) is 2.74. The Hall–Kier alpha value is -0.860. The molecule has 0 spiro atoms. The number of hydrogen-bond donors (Lipinski definition) is 1. The summed E-state index contributed by atoms with van der Waals surface area (Å²) < 4.78 is 0. The maximum Gasteiger partial charge on any atom is 0.0446 e. The second-order valence-corrected chi connectivity index (χ2v) is 6.56. The maximum atomic E-state index is 3.52. The topological polar surface area (TPSA) is 15.3 Å². The number of aryl methyl sites for hydroxylation is 1. The first kappa shape index (κ1) is 14.1. The molecule has 2 heteroatoms. The largest absolute Gasteiger partial charge is 0.312 e. The summed E-state index contributed by atoms with van der Waals surface area (Å²) in [5, 5.41) is 3.52. The second kappa shape index (κ2) is 6.28. The zero-order chi connectivity index (χ0) is 13.9. The average molecular weight is 272 g/mol. The fourth-order valence-corrected chi connectivity index (χ4v) is 3.03. The van der Waals surface area contributed by atoms with E-state index in [4.69, 9.17) is 0 Å². The Morgan fingerprint density at radius 2 is 1.85 bits per heavy atom. The summed E-state index contributed by atoms with van der Waals surface area (Å²) >= 11 is 0. The van der Waals surface area contributed by atoms with E-state index in [1.807, 2.05) is 0 Å². The lowest BCUT2D eigenvalue weighted by Crippen LogP contribution is -2.36. The van der Waals surface area contributed by atoms with Gasteiger partial charge in [0.2, 0.25) is 0 Å². The third-order valence-electron chi connectivity index (χ3n) is 4.81. The van der Waals surface area contributed by atoms with Crippen molar-refractivity contribution < 1.29 is 0 Å². The van der Waals surface area contributed by atoms with Crippen molar-refractivity contribution in [3.8, 4) is 0 Å². The van der Waals surface area contributed by atoms with E-state index in [1.54, 1.807) is 0 Å². The molecule has 20 heavy (non-hydrogen) atoms. The van der Waals surface area contributed by atoms with E-state index >= 15 is 0 Å². The standard InChI is InChI=1S/C18H28N2/c1-3-14-6-8-16(9-7-14)18(19-2)13-20(17-10-11-17)12-15-4-5-15/h6-9,15,17-19H,3-5,10-13H2,1-2H3. The molecule has 110 valence electrons. The van der Waals surface area contributed by atoms with E-state index < -0.39 is 0 Å². The van der Waals surface area contributed by atoms with E-state index in [0.717, 1.165) is 18.4 Å². The molecule has 0 bridgehead atoms. The SMILES string of the molecule is CCc1ccc(C(CN(CC2CC2)C2CC2)NC)cc1. The van der Waals surface area contributed by atoms with E-state index in [-0.39, 0.29) is 0 Å². The zero-order valence-corrected chi connectivity index (χ0v) is 12.9. The van der Waals surface area contributed by atoms with Crippen molar-refractivity contribution in [2.45, 2.75) is 51.1 Å². The van der Waals surface area contributed by atoms with Gasteiger partial charge in [0.25, 0.3) is 0 Å². The van der Waals surface area contributed by atoms with Crippen molar-refractivity contribution in [3.05, 3.63) is 35.4 Å². The Labute approximate surface area is 123 Å². The molecule has 0 aromatic heterocycles. The molecule has 1 aromatic rings. The van der Waals surface area contributed by atoms with Crippen LogP contribution in [0.3, 0.4) is 0 Å². The average Bonchev–Trinajstić information content (AvgIpc) is 3.37. The third kappa shape index (κ3) is 3.62. The molecule has 2 nitrogen and oxygen atoms in total. The smallest absolute Gasteiger partial charge is 0.0446 e. The lowest BCUT2D eigenvalue weighted by Gasteiger charge is -2.28. The first-order chi connectivity index (χ1) is 9.80. The van der Waals surface area contributed by atoms with Crippen molar-refractivity contribution in [1.82, 2.24) is 10.2 Å². The van der Waals surface area contributed by atoms with E-state index in [2.05, 4.69) is 48.5 Å². The van der Waals surface area contributed by atoms with Crippen LogP contribution in [0.2, 0.25) is 0 Å². The Morgan fingerprint density at radius 1 is 1.15 bits per heavy atom. The van der Waals surface area contributed by atoms with Crippen molar-refractivity contribution in [3.63, 3.8) is 0 Å². The van der Waals surface area contributed by atoms with Crippen molar-refractivity contribution >= 4 is 0 Å². The van der Waals surface area contributed by atoms with Crippen LogP contribution < -0.4 is 5.32 Å². The predicted octanol–water partition coefficient (Wildman–Crippen LogP) is 3.38. The highest BCUT2D eigenvalue weighted by Crippen LogP contribution is 2.35. The molecule has 1 atom stereocenters. The lowest BCUT2D eigenvalue weighted by atomic mass is 10.0. The van der Waals surface area contributed by atoms with Crippen LogP contribution in [0.5, 0.6) is 0 Å². The van der Waals surface area contributed by atoms with Crippen LogP contribution in [-0.4, -0.2) is 31.1 Å². The highest BCUT2D eigenvalue weighted by Gasteiger charge is 2.34. The minimum atomic E-state index is 0.472. The maximum absolute atomic E-state index is 3.52. The Morgan fingerprint density at radius 3 is 2.35 bits per heavy atom. The molecule has 0 heterocycles. The first-order valence-electron chi connectivity index (χ1n) is 8.30. The van der Waals surface area contributed by atoms with Crippen LogP contribution in [-0.2, 0) is 6.42 Å². The molecule has 1 aromatic carbocycles. The molecule has 2 aliphatic carbocycles. The van der Waals surface area contributed by atoms with Gasteiger partial charge in [0.1, 0.15) is 0 Å². The van der Waals surface area contributed by atoms with Crippen LogP contribution in [0.1, 0.15) is 49.8 Å². The van der Waals surface area contributed by atoms with E-state index in [1.165, 1.54) is 49.9 Å². The van der Waals surface area contributed by atoms with Gasteiger partial charge in [-0.2, -0.15) is 0 Å². The quantitative estimate of drug-likeness (QED) is 0.780. The number of nitrogens with one attached hydrogen (secondary N) is 1. The minimum Gasteiger partial charge on any atom is -0.312 e. The van der Waals surface area contributed by atoms with Crippen molar-refractivity contribution in [2.24, 2.45) is 5.92 Å². The zero-order valence-electron chi connectivity index (χ0n) is 12.9. The fourth-order valence-electron chi connectivity index (χ4n) is 3.03. The summed E-state index contributed by atoms with van der Waals surface area (Å²) in [6.07, 6.45) is 6.87. The number of likely N-dealkylation sites (N-methyl/N-ethyl adjacent to an activating group) is 1. The highest BCUT2D eigenvalue weighted by atomic mass is 15.2. The fraction of sp³-hybridized carbons (Fsp3) is 0.667. The molecular formula is C18H28N2. The first-order valence-corrected chi connectivity index (χ1v) is 8.30. The molecule has 1 unspecified atom stereocenters. The van der Waals surface area contributed by atoms with Gasteiger partial charge in [0.15, 0.2) is 0 Å². The van der Waals surface area contributed by atoms with Gasteiger partial charge in [0.05, 0.1) is 0 Å². The highest BCUT2D eigenvalue weighted by molar-refractivity contribution is 5.25. The van der Waals surface area contributed by atoms with E-state index in [9.17, 15) is 0 Å². The van der Waals surface area contributed by atoms with Gasteiger partial charge in [0, 0.05) is 25.2 Å². The summed E-state index contributed by atoms with van der Waals surface area (Å²) in [5.41, 5.74) is 2.87. The molecule has 2 fully saturated rings. The number of benzene rings is 1. The summed E-state index contributed by atoms with van der Waals surface area (Å²) in [6.45, 7) is 4.72. The molecular weight excluding hydrogens is 244 g/mol. The van der Waals surface area contributed by atoms with Gasteiger partial charge in [-0.05, 0) is 56.2 Å². The van der Waals surface area contributed by atoms with Crippen LogP contribution in [0, 0.1) is 5.92 Å². The Bertz CT molecular complexity index is 418. The molecule has 2 aliphatic rings. The molecule has 3 rings (SSSR count). The second-order valence-electron chi connectivity index (χ2n) is 6.56. The normalized spacial score (nSPS) is 20.4. The number of hydrogen-bond acceptors (Lipinski definition) is 2. The molecule has 1 N–H and O–H groups in total. The van der Waals surface area contributed by atoms with Crippen molar-refractivity contribution in [2.75, 3.05) is 20.1 Å². The number of rotatable bonds is 8. The Balaban J connectivity index is 1.64. The van der Waals surface area contributed by atoms with Gasteiger partial charge in [-0.15, -0.1) is 0 Å². The number of nitrogens with zero attached hydrogens (tertiary/aromatic N) is 1. The van der Waals surface area contributed by atoms with Crippen LogP contribution in [0.4, 0.5) is 0 Å². The van der Waals surface area contributed by atoms with Crippen LogP contribution >= 0.6 is 0 Å². The molecule has 0 radical (unpaired) electrons. The van der Waals surface area contributed by atoms with Gasteiger partial charge < -0.3 is 5.32 Å². The Kier molecular flexibility index (Phi) is 4.42. The minimum absolute atomic E-state index is 0.472. The monoisotopic (exact) mass is 272 g/mol. The molecule has 2 saturated carbocycles. The summed E-state index contributed by atoms with van der Waals surface area (Å²) in [7, 11) is 2.10.